The standard InChI is InChI=1S/C12H19FN2O4S2/c1-4-8(2)9(3)15-21(18,19)12-6-5-10(7-11(12)13)20(14,16)17/h5-9,15H,4H2,1-3H3,(H2,14,16,17). The van der Waals surface area contributed by atoms with E-state index >= 15 is 0 Å². The van der Waals surface area contributed by atoms with Crippen LogP contribution in [0.15, 0.2) is 28.0 Å². The Hall–Kier alpha value is -1.03. The molecule has 0 aliphatic carbocycles. The smallest absolute Gasteiger partial charge is 0.225 e. The van der Waals surface area contributed by atoms with Crippen molar-refractivity contribution in [3.8, 4) is 0 Å². The summed E-state index contributed by atoms with van der Waals surface area (Å²) in [5.74, 6) is -1.09. The molecule has 0 bridgehead atoms. The third-order valence-electron chi connectivity index (χ3n) is 3.36. The molecule has 0 saturated carbocycles. The topological polar surface area (TPSA) is 106 Å². The number of nitrogens with two attached hydrogens (primary N) is 1. The number of nitrogens with one attached hydrogen (secondary N) is 1. The molecular weight excluding hydrogens is 319 g/mol. The van der Waals surface area contributed by atoms with Crippen LogP contribution in [0, 0.1) is 11.7 Å². The van der Waals surface area contributed by atoms with Crippen molar-refractivity contribution in [1.82, 2.24) is 4.72 Å². The summed E-state index contributed by atoms with van der Waals surface area (Å²) in [6.45, 7) is 5.47. The van der Waals surface area contributed by atoms with Crippen LogP contribution in [0.4, 0.5) is 4.39 Å². The van der Waals surface area contributed by atoms with E-state index in [1.54, 1.807) is 6.92 Å². The first-order valence-electron chi connectivity index (χ1n) is 6.33. The van der Waals surface area contributed by atoms with Crippen LogP contribution in [0.1, 0.15) is 27.2 Å². The number of hydrogen-bond donors (Lipinski definition) is 2. The van der Waals surface area contributed by atoms with Gasteiger partial charge in [-0.3, -0.25) is 0 Å². The first kappa shape index (κ1) is 18.0. The molecule has 0 heterocycles. The predicted octanol–water partition coefficient (Wildman–Crippen LogP) is 1.19. The zero-order valence-corrected chi connectivity index (χ0v) is 13.6. The number of sulfonamides is 2. The summed E-state index contributed by atoms with van der Waals surface area (Å²) in [5.41, 5.74) is 0. The second-order valence-corrected chi connectivity index (χ2v) is 8.18. The number of halogens is 1. The van der Waals surface area contributed by atoms with Gasteiger partial charge in [0.1, 0.15) is 10.7 Å². The molecule has 0 fully saturated rings. The van der Waals surface area contributed by atoms with E-state index in [2.05, 4.69) is 4.72 Å². The maximum Gasteiger partial charge on any atom is 0.243 e. The normalized spacial score (nSPS) is 15.7. The van der Waals surface area contributed by atoms with Crippen LogP contribution >= 0.6 is 0 Å². The minimum atomic E-state index is -4.08. The Kier molecular flexibility index (Phi) is 5.48. The number of primary sulfonamides is 1. The highest BCUT2D eigenvalue weighted by Gasteiger charge is 2.24. The Labute approximate surface area is 124 Å². The van der Waals surface area contributed by atoms with Crippen LogP contribution in [0.3, 0.4) is 0 Å². The monoisotopic (exact) mass is 338 g/mol. The lowest BCUT2D eigenvalue weighted by molar-refractivity contribution is 0.432. The van der Waals surface area contributed by atoms with E-state index in [0.717, 1.165) is 18.6 Å². The van der Waals surface area contributed by atoms with Gasteiger partial charge < -0.3 is 0 Å². The minimum absolute atomic E-state index is 0.0755. The van der Waals surface area contributed by atoms with Crippen molar-refractivity contribution in [1.29, 1.82) is 0 Å². The summed E-state index contributed by atoms with van der Waals surface area (Å²) in [5, 5.41) is 4.86. The molecule has 21 heavy (non-hydrogen) atoms. The van der Waals surface area contributed by atoms with Gasteiger partial charge in [0.25, 0.3) is 0 Å². The van der Waals surface area contributed by atoms with Gasteiger partial charge in [-0.25, -0.2) is 31.1 Å². The molecule has 1 aromatic rings. The fraction of sp³-hybridized carbons (Fsp3) is 0.500. The molecule has 2 unspecified atom stereocenters. The Morgan fingerprint density at radius 3 is 2.24 bits per heavy atom. The summed E-state index contributed by atoms with van der Waals surface area (Å²) in [6, 6.07) is 2.07. The molecule has 0 spiro atoms. The van der Waals surface area contributed by atoms with Crippen molar-refractivity contribution in [3.05, 3.63) is 24.0 Å². The molecule has 120 valence electrons. The van der Waals surface area contributed by atoms with Crippen LogP contribution in [0.5, 0.6) is 0 Å². The van der Waals surface area contributed by atoms with Crippen molar-refractivity contribution in [2.24, 2.45) is 11.1 Å². The van der Waals surface area contributed by atoms with Crippen LogP contribution in [0.2, 0.25) is 0 Å². The third kappa shape index (κ3) is 4.47. The molecule has 6 nitrogen and oxygen atoms in total. The second-order valence-electron chi connectivity index (χ2n) is 4.93. The van der Waals surface area contributed by atoms with Crippen LogP contribution < -0.4 is 9.86 Å². The van der Waals surface area contributed by atoms with E-state index in [0.29, 0.717) is 6.07 Å². The second kappa shape index (κ2) is 6.39. The molecular formula is C12H19FN2O4S2. The molecule has 9 heteroatoms. The lowest BCUT2D eigenvalue weighted by Crippen LogP contribution is -2.37. The van der Waals surface area contributed by atoms with Crippen LogP contribution in [-0.4, -0.2) is 22.9 Å². The SMILES string of the molecule is CCC(C)C(C)NS(=O)(=O)c1ccc(S(N)(=O)=O)cc1F. The predicted molar refractivity (Wildman–Crippen MR) is 77.0 cm³/mol. The maximum absolute atomic E-state index is 13.9. The molecule has 3 N–H and O–H groups in total. The molecule has 0 amide bonds. The quantitative estimate of drug-likeness (QED) is 0.812. The van der Waals surface area contributed by atoms with Gasteiger partial charge in [-0.05, 0) is 31.0 Å². The zero-order chi connectivity index (χ0) is 16.4. The third-order valence-corrected chi connectivity index (χ3v) is 5.86. The van der Waals surface area contributed by atoms with Crippen molar-refractivity contribution in [2.45, 2.75) is 43.0 Å². The van der Waals surface area contributed by atoms with E-state index in [-0.39, 0.29) is 12.0 Å². The lowest BCUT2D eigenvalue weighted by atomic mass is 10.0. The maximum atomic E-state index is 13.9. The van der Waals surface area contributed by atoms with Crippen molar-refractivity contribution >= 4 is 20.0 Å². The van der Waals surface area contributed by atoms with Gasteiger partial charge in [0.15, 0.2) is 0 Å². The number of hydrogen-bond acceptors (Lipinski definition) is 4. The highest BCUT2D eigenvalue weighted by Crippen LogP contribution is 2.19. The summed E-state index contributed by atoms with van der Waals surface area (Å²) >= 11 is 0. The fourth-order valence-electron chi connectivity index (χ4n) is 1.65. The van der Waals surface area contributed by atoms with Gasteiger partial charge in [0.05, 0.1) is 4.90 Å². The van der Waals surface area contributed by atoms with Gasteiger partial charge in [-0.2, -0.15) is 0 Å². The van der Waals surface area contributed by atoms with Crippen molar-refractivity contribution < 1.29 is 21.2 Å². The van der Waals surface area contributed by atoms with E-state index in [1.165, 1.54) is 0 Å². The van der Waals surface area contributed by atoms with Gasteiger partial charge in [-0.1, -0.05) is 20.3 Å². The van der Waals surface area contributed by atoms with E-state index in [4.69, 9.17) is 5.14 Å². The molecule has 2 atom stereocenters. The average molecular weight is 338 g/mol. The Morgan fingerprint density at radius 1 is 1.24 bits per heavy atom. The van der Waals surface area contributed by atoms with Gasteiger partial charge in [0.2, 0.25) is 20.0 Å². The minimum Gasteiger partial charge on any atom is -0.225 e. The van der Waals surface area contributed by atoms with Gasteiger partial charge in [0, 0.05) is 6.04 Å². The lowest BCUT2D eigenvalue weighted by Gasteiger charge is -2.20. The molecule has 0 radical (unpaired) electrons. The Morgan fingerprint density at radius 2 is 1.81 bits per heavy atom. The number of benzene rings is 1. The Balaban J connectivity index is 3.16. The Bertz CT molecular complexity index is 717. The molecule has 1 rings (SSSR count). The van der Waals surface area contributed by atoms with E-state index < -0.39 is 35.7 Å². The zero-order valence-electron chi connectivity index (χ0n) is 12.0. The fourth-order valence-corrected chi connectivity index (χ4v) is 3.59. The highest BCUT2D eigenvalue weighted by molar-refractivity contribution is 7.89. The highest BCUT2D eigenvalue weighted by atomic mass is 32.2. The van der Waals surface area contributed by atoms with Crippen molar-refractivity contribution in [2.75, 3.05) is 0 Å². The summed E-state index contributed by atoms with van der Waals surface area (Å²) in [6.07, 6.45) is 0.760. The van der Waals surface area contributed by atoms with E-state index in [9.17, 15) is 21.2 Å². The molecule has 0 aliphatic heterocycles. The summed E-state index contributed by atoms with van der Waals surface area (Å²) in [4.78, 5) is -1.08. The van der Waals surface area contributed by atoms with Crippen LogP contribution in [-0.2, 0) is 20.0 Å². The molecule has 1 aromatic carbocycles. The van der Waals surface area contributed by atoms with Gasteiger partial charge >= 0.3 is 0 Å². The van der Waals surface area contributed by atoms with Crippen molar-refractivity contribution in [3.63, 3.8) is 0 Å². The van der Waals surface area contributed by atoms with Crippen LogP contribution in [0.25, 0.3) is 0 Å². The first-order valence-corrected chi connectivity index (χ1v) is 9.36. The summed E-state index contributed by atoms with van der Waals surface area (Å²) in [7, 11) is -8.15. The average Bonchev–Trinajstić information content (AvgIpc) is 2.35. The summed E-state index contributed by atoms with van der Waals surface area (Å²) < 4.78 is 62.7. The first-order chi connectivity index (χ1) is 9.49. The van der Waals surface area contributed by atoms with Gasteiger partial charge in [-0.15, -0.1) is 0 Å². The molecule has 0 aromatic heterocycles. The molecule has 0 saturated heterocycles. The van der Waals surface area contributed by atoms with E-state index in [1.807, 2.05) is 13.8 Å². The largest absolute Gasteiger partial charge is 0.243 e. The molecule has 0 aliphatic rings. The number of rotatable bonds is 6.